The van der Waals surface area contributed by atoms with E-state index in [1.807, 2.05) is 0 Å². The average Bonchev–Trinajstić information content (AvgIpc) is 3.30. The van der Waals surface area contributed by atoms with E-state index in [4.69, 9.17) is 0 Å². The van der Waals surface area contributed by atoms with Crippen LogP contribution in [-0.2, 0) is 0 Å². The first-order valence-electron chi connectivity index (χ1n) is 7.80. The molecule has 3 rings (SSSR count). The molecule has 2 saturated carbocycles. The molecule has 0 aliphatic heterocycles. The highest BCUT2D eigenvalue weighted by Crippen LogP contribution is 2.42. The first kappa shape index (κ1) is 13.1. The molecule has 0 heterocycles. The molecule has 0 spiro atoms. The molecular weight excluding hydrogens is 234 g/mol. The van der Waals surface area contributed by atoms with Crippen LogP contribution in [0.15, 0.2) is 30.3 Å². The normalized spacial score (nSPS) is 29.1. The zero-order valence-corrected chi connectivity index (χ0v) is 11.6. The molecule has 0 radical (unpaired) electrons. The van der Waals surface area contributed by atoms with Crippen molar-refractivity contribution in [3.05, 3.63) is 35.9 Å². The summed E-state index contributed by atoms with van der Waals surface area (Å²) in [6.07, 6.45) is 7.69. The van der Waals surface area contributed by atoms with E-state index >= 15 is 0 Å². The third-order valence-corrected chi connectivity index (χ3v) is 4.79. The molecule has 19 heavy (non-hydrogen) atoms. The quantitative estimate of drug-likeness (QED) is 0.850. The molecule has 2 aliphatic carbocycles. The SMILES string of the molecule is OCC1CCCCC1NC(c1ccccc1)C1CC1. The summed E-state index contributed by atoms with van der Waals surface area (Å²) in [7, 11) is 0. The molecule has 1 aromatic carbocycles. The highest BCUT2D eigenvalue weighted by Gasteiger charge is 2.35. The lowest BCUT2D eigenvalue weighted by Crippen LogP contribution is -2.42. The zero-order valence-electron chi connectivity index (χ0n) is 11.6. The van der Waals surface area contributed by atoms with Crippen molar-refractivity contribution >= 4 is 0 Å². The van der Waals surface area contributed by atoms with Crippen molar-refractivity contribution in [2.45, 2.75) is 50.6 Å². The Morgan fingerprint density at radius 2 is 1.79 bits per heavy atom. The summed E-state index contributed by atoms with van der Waals surface area (Å²) in [5, 5.41) is 13.4. The van der Waals surface area contributed by atoms with Crippen LogP contribution >= 0.6 is 0 Å². The summed E-state index contributed by atoms with van der Waals surface area (Å²) in [5.41, 5.74) is 1.42. The Hall–Kier alpha value is -0.860. The molecule has 3 unspecified atom stereocenters. The summed E-state index contributed by atoms with van der Waals surface area (Å²) in [5.74, 6) is 1.27. The topological polar surface area (TPSA) is 32.3 Å². The van der Waals surface area contributed by atoms with Gasteiger partial charge in [-0.25, -0.2) is 0 Å². The first-order chi connectivity index (χ1) is 9.38. The van der Waals surface area contributed by atoms with Crippen molar-refractivity contribution in [1.29, 1.82) is 0 Å². The van der Waals surface area contributed by atoms with Crippen molar-refractivity contribution in [2.75, 3.05) is 6.61 Å². The van der Waals surface area contributed by atoms with Crippen LogP contribution in [0.1, 0.15) is 50.1 Å². The lowest BCUT2D eigenvalue weighted by Gasteiger charge is -2.34. The third kappa shape index (κ3) is 3.18. The predicted octanol–water partition coefficient (Wildman–Crippen LogP) is 3.28. The molecule has 2 nitrogen and oxygen atoms in total. The van der Waals surface area contributed by atoms with Gasteiger partial charge >= 0.3 is 0 Å². The second-order valence-corrected chi connectivity index (χ2v) is 6.23. The number of benzene rings is 1. The smallest absolute Gasteiger partial charge is 0.0474 e. The van der Waals surface area contributed by atoms with Crippen LogP contribution in [0.3, 0.4) is 0 Å². The summed E-state index contributed by atoms with van der Waals surface area (Å²) < 4.78 is 0. The minimum Gasteiger partial charge on any atom is -0.396 e. The Kier molecular flexibility index (Phi) is 4.19. The van der Waals surface area contributed by atoms with E-state index in [1.54, 1.807) is 0 Å². The van der Waals surface area contributed by atoms with Gasteiger partial charge in [0.2, 0.25) is 0 Å². The molecule has 2 aliphatic rings. The fourth-order valence-electron chi connectivity index (χ4n) is 3.47. The number of nitrogens with one attached hydrogen (secondary N) is 1. The number of aliphatic hydroxyl groups is 1. The van der Waals surface area contributed by atoms with Crippen LogP contribution in [0.25, 0.3) is 0 Å². The lowest BCUT2D eigenvalue weighted by molar-refractivity contribution is 0.143. The van der Waals surface area contributed by atoms with Gasteiger partial charge in [0.15, 0.2) is 0 Å². The van der Waals surface area contributed by atoms with E-state index in [0.29, 0.717) is 24.6 Å². The van der Waals surface area contributed by atoms with E-state index in [2.05, 4.69) is 35.6 Å². The number of hydrogen-bond acceptors (Lipinski definition) is 2. The second-order valence-electron chi connectivity index (χ2n) is 6.23. The van der Waals surface area contributed by atoms with Crippen molar-refractivity contribution in [1.82, 2.24) is 5.32 Å². The van der Waals surface area contributed by atoms with Crippen LogP contribution < -0.4 is 5.32 Å². The fourth-order valence-corrected chi connectivity index (χ4v) is 3.47. The highest BCUT2D eigenvalue weighted by molar-refractivity contribution is 5.21. The number of rotatable bonds is 5. The summed E-state index contributed by atoms with van der Waals surface area (Å²) in [6.45, 7) is 0.337. The summed E-state index contributed by atoms with van der Waals surface area (Å²) in [4.78, 5) is 0. The fraction of sp³-hybridized carbons (Fsp3) is 0.647. The van der Waals surface area contributed by atoms with Crippen LogP contribution in [0.4, 0.5) is 0 Å². The molecule has 1 aromatic rings. The molecule has 2 fully saturated rings. The van der Waals surface area contributed by atoms with Crippen molar-refractivity contribution in [3.63, 3.8) is 0 Å². The molecule has 0 bridgehead atoms. The maximum atomic E-state index is 9.56. The third-order valence-electron chi connectivity index (χ3n) is 4.79. The monoisotopic (exact) mass is 259 g/mol. The summed E-state index contributed by atoms with van der Waals surface area (Å²) >= 11 is 0. The summed E-state index contributed by atoms with van der Waals surface area (Å²) in [6, 6.07) is 11.8. The molecule has 0 amide bonds. The van der Waals surface area contributed by atoms with Gasteiger partial charge in [0, 0.05) is 18.7 Å². The second kappa shape index (κ2) is 6.06. The Morgan fingerprint density at radius 1 is 1.05 bits per heavy atom. The maximum absolute atomic E-state index is 9.56. The molecule has 2 N–H and O–H groups in total. The van der Waals surface area contributed by atoms with Crippen molar-refractivity contribution < 1.29 is 5.11 Å². The number of aliphatic hydroxyl groups excluding tert-OH is 1. The number of hydrogen-bond donors (Lipinski definition) is 2. The highest BCUT2D eigenvalue weighted by atomic mass is 16.3. The zero-order chi connectivity index (χ0) is 13.1. The van der Waals surface area contributed by atoms with Crippen LogP contribution in [0.2, 0.25) is 0 Å². The van der Waals surface area contributed by atoms with E-state index < -0.39 is 0 Å². The first-order valence-corrected chi connectivity index (χ1v) is 7.80. The largest absolute Gasteiger partial charge is 0.396 e. The Labute approximate surface area is 116 Å². The Morgan fingerprint density at radius 3 is 2.47 bits per heavy atom. The van der Waals surface area contributed by atoms with Crippen molar-refractivity contribution in [2.24, 2.45) is 11.8 Å². The van der Waals surface area contributed by atoms with Gasteiger partial charge < -0.3 is 10.4 Å². The minimum absolute atomic E-state index is 0.337. The minimum atomic E-state index is 0.337. The molecular formula is C17H25NO. The lowest BCUT2D eigenvalue weighted by atomic mass is 9.84. The van der Waals surface area contributed by atoms with Gasteiger partial charge in [-0.3, -0.25) is 0 Å². The molecule has 2 heteroatoms. The van der Waals surface area contributed by atoms with Gasteiger partial charge in [0.25, 0.3) is 0 Å². The van der Waals surface area contributed by atoms with Gasteiger partial charge in [0.05, 0.1) is 0 Å². The van der Waals surface area contributed by atoms with Gasteiger partial charge in [-0.2, -0.15) is 0 Å². The van der Waals surface area contributed by atoms with Crippen LogP contribution in [-0.4, -0.2) is 17.8 Å². The van der Waals surface area contributed by atoms with E-state index in [0.717, 1.165) is 5.92 Å². The van der Waals surface area contributed by atoms with Crippen molar-refractivity contribution in [3.8, 4) is 0 Å². The molecule has 104 valence electrons. The molecule has 3 atom stereocenters. The van der Waals surface area contributed by atoms with Gasteiger partial charge in [-0.15, -0.1) is 0 Å². The molecule has 0 saturated heterocycles. The molecule has 0 aromatic heterocycles. The van der Waals surface area contributed by atoms with E-state index in [-0.39, 0.29) is 0 Å². The Balaban J connectivity index is 1.71. The van der Waals surface area contributed by atoms with Gasteiger partial charge in [-0.05, 0) is 43.1 Å². The predicted molar refractivity (Wildman–Crippen MR) is 77.9 cm³/mol. The van der Waals surface area contributed by atoms with E-state index in [9.17, 15) is 5.11 Å². The van der Waals surface area contributed by atoms with E-state index in [1.165, 1.54) is 44.1 Å². The Bertz CT molecular complexity index is 388. The standard InChI is InChI=1S/C17H25NO/c19-12-15-8-4-5-9-16(15)18-17(14-10-11-14)13-6-2-1-3-7-13/h1-3,6-7,14-19H,4-5,8-12H2. The van der Waals surface area contributed by atoms with Crippen LogP contribution in [0.5, 0.6) is 0 Å². The maximum Gasteiger partial charge on any atom is 0.0474 e. The van der Waals surface area contributed by atoms with Gasteiger partial charge in [-0.1, -0.05) is 43.2 Å². The van der Waals surface area contributed by atoms with Crippen LogP contribution in [0, 0.1) is 11.8 Å². The average molecular weight is 259 g/mol. The van der Waals surface area contributed by atoms with Gasteiger partial charge in [0.1, 0.15) is 0 Å².